The highest BCUT2D eigenvalue weighted by Crippen LogP contribution is 2.20. The van der Waals surface area contributed by atoms with Crippen LogP contribution in [0.25, 0.3) is 0 Å². The highest BCUT2D eigenvalue weighted by atomic mass is 79.9. The van der Waals surface area contributed by atoms with E-state index in [1.165, 1.54) is 0 Å². The molecular formula is C12H13BrO. The first-order valence-corrected chi connectivity index (χ1v) is 5.23. The smallest absolute Gasteiger partial charge is 0.168 e. The molecule has 0 spiro atoms. The molecule has 1 aromatic carbocycles. The average molecular weight is 253 g/mol. The minimum Gasteiger partial charge on any atom is -0.294 e. The standard InChI is InChI=1S/C12H13BrO/c1-8(2)6-12(14)10-5-4-9(3)7-11(10)13/h4-5,7H,1,6H2,2-3H3. The molecular weight excluding hydrogens is 240 g/mol. The number of hydrogen-bond donors (Lipinski definition) is 0. The van der Waals surface area contributed by atoms with Crippen LogP contribution in [0.4, 0.5) is 0 Å². The summed E-state index contributed by atoms with van der Waals surface area (Å²) in [6, 6.07) is 5.74. The second-order valence-corrected chi connectivity index (χ2v) is 4.39. The number of carbonyl (C=O) groups excluding carboxylic acids is 1. The summed E-state index contributed by atoms with van der Waals surface area (Å²) < 4.78 is 0.865. The van der Waals surface area contributed by atoms with Gasteiger partial charge >= 0.3 is 0 Å². The van der Waals surface area contributed by atoms with Gasteiger partial charge in [-0.25, -0.2) is 0 Å². The first-order valence-electron chi connectivity index (χ1n) is 4.44. The molecule has 0 unspecified atom stereocenters. The van der Waals surface area contributed by atoms with Crippen molar-refractivity contribution in [2.45, 2.75) is 20.3 Å². The number of hydrogen-bond acceptors (Lipinski definition) is 1. The van der Waals surface area contributed by atoms with Crippen molar-refractivity contribution < 1.29 is 4.79 Å². The lowest BCUT2D eigenvalue weighted by Gasteiger charge is -2.04. The van der Waals surface area contributed by atoms with Crippen LogP contribution in [0.3, 0.4) is 0 Å². The molecule has 0 heterocycles. The van der Waals surface area contributed by atoms with E-state index in [4.69, 9.17) is 0 Å². The van der Waals surface area contributed by atoms with Gasteiger partial charge in [-0.3, -0.25) is 4.79 Å². The Balaban J connectivity index is 2.96. The fourth-order valence-corrected chi connectivity index (χ4v) is 1.93. The van der Waals surface area contributed by atoms with Gasteiger partial charge in [0.15, 0.2) is 5.78 Å². The summed E-state index contributed by atoms with van der Waals surface area (Å²) in [4.78, 5) is 11.7. The van der Waals surface area contributed by atoms with Crippen LogP contribution in [0, 0.1) is 6.92 Å². The molecule has 0 radical (unpaired) electrons. The van der Waals surface area contributed by atoms with Gasteiger partial charge in [0.2, 0.25) is 0 Å². The maximum Gasteiger partial charge on any atom is 0.168 e. The Bertz CT molecular complexity index is 380. The Labute approximate surface area is 93.0 Å². The van der Waals surface area contributed by atoms with Gasteiger partial charge in [0.1, 0.15) is 0 Å². The van der Waals surface area contributed by atoms with Gasteiger partial charge in [-0.05, 0) is 31.5 Å². The third-order valence-electron chi connectivity index (χ3n) is 1.89. The molecule has 0 bridgehead atoms. The number of halogens is 1. The largest absolute Gasteiger partial charge is 0.294 e. The van der Waals surface area contributed by atoms with Crippen LogP contribution in [0.2, 0.25) is 0 Å². The maximum atomic E-state index is 11.7. The van der Waals surface area contributed by atoms with E-state index in [-0.39, 0.29) is 5.78 Å². The number of benzene rings is 1. The quantitative estimate of drug-likeness (QED) is 0.589. The fourth-order valence-electron chi connectivity index (χ4n) is 1.22. The van der Waals surface area contributed by atoms with Gasteiger partial charge in [-0.1, -0.05) is 34.1 Å². The number of allylic oxidation sites excluding steroid dienone is 1. The summed E-state index contributed by atoms with van der Waals surface area (Å²) >= 11 is 3.39. The fraction of sp³-hybridized carbons (Fsp3) is 0.250. The molecule has 0 saturated carbocycles. The summed E-state index contributed by atoms with van der Waals surface area (Å²) in [7, 11) is 0. The Kier molecular flexibility index (Phi) is 3.64. The molecule has 0 aliphatic rings. The minimum absolute atomic E-state index is 0.115. The molecule has 74 valence electrons. The van der Waals surface area contributed by atoms with Crippen molar-refractivity contribution >= 4 is 21.7 Å². The molecule has 0 N–H and O–H groups in total. The topological polar surface area (TPSA) is 17.1 Å². The van der Waals surface area contributed by atoms with E-state index in [9.17, 15) is 4.79 Å². The first-order chi connectivity index (χ1) is 6.50. The number of rotatable bonds is 3. The van der Waals surface area contributed by atoms with Crippen molar-refractivity contribution in [3.05, 3.63) is 46.0 Å². The van der Waals surface area contributed by atoms with Crippen LogP contribution in [0.15, 0.2) is 34.8 Å². The predicted octanol–water partition coefficient (Wildman–Crippen LogP) is 3.91. The molecule has 0 amide bonds. The Hall–Kier alpha value is -0.890. The molecule has 0 aromatic heterocycles. The van der Waals surface area contributed by atoms with E-state index in [2.05, 4.69) is 22.5 Å². The van der Waals surface area contributed by atoms with Crippen molar-refractivity contribution in [3.8, 4) is 0 Å². The highest BCUT2D eigenvalue weighted by Gasteiger charge is 2.09. The van der Waals surface area contributed by atoms with E-state index in [1.54, 1.807) is 0 Å². The Morgan fingerprint density at radius 3 is 2.64 bits per heavy atom. The molecule has 1 rings (SSSR count). The lowest BCUT2D eigenvalue weighted by atomic mass is 10.0. The lowest BCUT2D eigenvalue weighted by Crippen LogP contribution is -2.00. The second kappa shape index (κ2) is 4.56. The molecule has 0 aliphatic heterocycles. The summed E-state index contributed by atoms with van der Waals surface area (Å²) in [6.07, 6.45) is 0.418. The second-order valence-electron chi connectivity index (χ2n) is 3.54. The zero-order chi connectivity index (χ0) is 10.7. The zero-order valence-corrected chi connectivity index (χ0v) is 10.0. The van der Waals surface area contributed by atoms with Crippen molar-refractivity contribution in [2.24, 2.45) is 0 Å². The SMILES string of the molecule is C=C(C)CC(=O)c1ccc(C)cc1Br. The van der Waals surface area contributed by atoms with Gasteiger partial charge in [0.25, 0.3) is 0 Å². The highest BCUT2D eigenvalue weighted by molar-refractivity contribution is 9.10. The Morgan fingerprint density at radius 1 is 1.50 bits per heavy atom. The zero-order valence-electron chi connectivity index (χ0n) is 8.43. The van der Waals surface area contributed by atoms with Crippen molar-refractivity contribution in [1.82, 2.24) is 0 Å². The van der Waals surface area contributed by atoms with Crippen LogP contribution in [0.1, 0.15) is 29.3 Å². The van der Waals surface area contributed by atoms with Gasteiger partial charge in [-0.15, -0.1) is 0 Å². The third-order valence-corrected chi connectivity index (χ3v) is 2.54. The van der Waals surface area contributed by atoms with E-state index in [1.807, 2.05) is 32.0 Å². The van der Waals surface area contributed by atoms with Crippen molar-refractivity contribution in [3.63, 3.8) is 0 Å². The van der Waals surface area contributed by atoms with Crippen LogP contribution in [0.5, 0.6) is 0 Å². The summed E-state index contributed by atoms with van der Waals surface area (Å²) in [5.74, 6) is 0.115. The van der Waals surface area contributed by atoms with E-state index < -0.39 is 0 Å². The van der Waals surface area contributed by atoms with Gasteiger partial charge < -0.3 is 0 Å². The van der Waals surface area contributed by atoms with Gasteiger partial charge in [0.05, 0.1) is 0 Å². The van der Waals surface area contributed by atoms with E-state index in [0.29, 0.717) is 6.42 Å². The van der Waals surface area contributed by atoms with Crippen LogP contribution >= 0.6 is 15.9 Å². The van der Waals surface area contributed by atoms with E-state index in [0.717, 1.165) is 21.2 Å². The molecule has 2 heteroatoms. The third kappa shape index (κ3) is 2.81. The normalized spacial score (nSPS) is 9.93. The minimum atomic E-state index is 0.115. The molecule has 1 nitrogen and oxygen atoms in total. The van der Waals surface area contributed by atoms with Crippen molar-refractivity contribution in [1.29, 1.82) is 0 Å². The van der Waals surface area contributed by atoms with Crippen LogP contribution < -0.4 is 0 Å². The van der Waals surface area contributed by atoms with Gasteiger partial charge in [0, 0.05) is 16.5 Å². The molecule has 14 heavy (non-hydrogen) atoms. The number of carbonyl (C=O) groups is 1. The molecule has 0 saturated heterocycles. The van der Waals surface area contributed by atoms with Gasteiger partial charge in [-0.2, -0.15) is 0 Å². The molecule has 0 aliphatic carbocycles. The first kappa shape index (κ1) is 11.2. The molecule has 0 fully saturated rings. The van der Waals surface area contributed by atoms with Crippen molar-refractivity contribution in [2.75, 3.05) is 0 Å². The summed E-state index contributed by atoms with van der Waals surface area (Å²) in [5.41, 5.74) is 2.77. The number of Topliss-reactive ketones (excluding diaryl/α,β-unsaturated/α-hetero) is 1. The molecule has 1 aromatic rings. The summed E-state index contributed by atoms with van der Waals surface area (Å²) in [5, 5.41) is 0. The summed E-state index contributed by atoms with van der Waals surface area (Å²) in [6.45, 7) is 7.59. The lowest BCUT2D eigenvalue weighted by molar-refractivity contribution is 0.0992. The number of ketones is 1. The average Bonchev–Trinajstić information content (AvgIpc) is 2.01. The maximum absolute atomic E-state index is 11.7. The molecule has 0 atom stereocenters. The predicted molar refractivity (Wildman–Crippen MR) is 62.6 cm³/mol. The van der Waals surface area contributed by atoms with Crippen LogP contribution in [-0.4, -0.2) is 5.78 Å². The Morgan fingerprint density at radius 2 is 2.14 bits per heavy atom. The van der Waals surface area contributed by atoms with E-state index >= 15 is 0 Å². The monoisotopic (exact) mass is 252 g/mol. The van der Waals surface area contributed by atoms with Crippen LogP contribution in [-0.2, 0) is 0 Å². The number of aryl methyl sites for hydroxylation is 1.